The van der Waals surface area contributed by atoms with Crippen molar-refractivity contribution >= 4 is 28.5 Å². The van der Waals surface area contributed by atoms with Gasteiger partial charge in [0.25, 0.3) is 0 Å². The highest BCUT2D eigenvalue weighted by Gasteiger charge is 2.07. The van der Waals surface area contributed by atoms with Crippen molar-refractivity contribution < 1.29 is 0 Å². The minimum Gasteiger partial charge on any atom is -0.371 e. The molecule has 148 valence electrons. The molecule has 0 atom stereocenters. The second-order valence-corrected chi connectivity index (χ2v) is 7.15. The predicted octanol–water partition coefficient (Wildman–Crippen LogP) is 4.55. The molecule has 3 N–H and O–H groups in total. The molecule has 0 aliphatic carbocycles. The molecule has 0 aliphatic heterocycles. The first-order valence-electron chi connectivity index (χ1n) is 9.89. The third-order valence-electron chi connectivity index (χ3n) is 4.91. The average Bonchev–Trinajstić information content (AvgIpc) is 2.95. The van der Waals surface area contributed by atoms with E-state index < -0.39 is 0 Å². The average molecular weight is 380 g/mol. The summed E-state index contributed by atoms with van der Waals surface area (Å²) in [5.74, 6) is 0. The first kappa shape index (κ1) is 19.7. The maximum atomic E-state index is 12.1. The molecule has 0 spiro atoms. The normalized spacial score (nSPS) is 11.4. The van der Waals surface area contributed by atoms with Crippen LogP contribution >= 0.6 is 0 Å². The molecule has 6 heteroatoms. The lowest BCUT2D eigenvalue weighted by Crippen LogP contribution is -2.26. The number of fused-ring (bicyclic) bond motifs is 1. The maximum Gasteiger partial charge on any atom is 0.250 e. The van der Waals surface area contributed by atoms with Gasteiger partial charge in [0.15, 0.2) is 0 Å². The molecule has 0 unspecified atom stereocenters. The SMILES string of the molecule is CCCN(CCC)c1cc(/C=N/Nc2ccc3[nH]c(C)c(C)c3c2)[nH]c(=O)c1. The number of aromatic amines is 2. The zero-order valence-electron chi connectivity index (χ0n) is 17.1. The minimum absolute atomic E-state index is 0.115. The van der Waals surface area contributed by atoms with Crippen molar-refractivity contribution in [1.29, 1.82) is 0 Å². The fraction of sp³-hybridized carbons (Fsp3) is 0.364. The summed E-state index contributed by atoms with van der Waals surface area (Å²) in [6, 6.07) is 9.73. The van der Waals surface area contributed by atoms with Crippen molar-refractivity contribution in [3.63, 3.8) is 0 Å². The van der Waals surface area contributed by atoms with Gasteiger partial charge in [-0.15, -0.1) is 0 Å². The summed E-state index contributed by atoms with van der Waals surface area (Å²) in [4.78, 5) is 20.5. The summed E-state index contributed by atoms with van der Waals surface area (Å²) in [6.45, 7) is 10.3. The van der Waals surface area contributed by atoms with Crippen LogP contribution in [-0.2, 0) is 0 Å². The van der Waals surface area contributed by atoms with E-state index in [-0.39, 0.29) is 5.56 Å². The van der Waals surface area contributed by atoms with Gasteiger partial charge in [-0.05, 0) is 56.5 Å². The number of anilines is 2. The van der Waals surface area contributed by atoms with Crippen molar-refractivity contribution in [3.05, 3.63) is 57.6 Å². The molecule has 0 amide bonds. The van der Waals surface area contributed by atoms with Crippen LogP contribution in [0, 0.1) is 13.8 Å². The maximum absolute atomic E-state index is 12.1. The summed E-state index contributed by atoms with van der Waals surface area (Å²) < 4.78 is 0. The Morgan fingerprint density at radius 3 is 2.54 bits per heavy atom. The van der Waals surface area contributed by atoms with E-state index >= 15 is 0 Å². The van der Waals surface area contributed by atoms with E-state index in [1.54, 1.807) is 12.3 Å². The molecular weight excluding hydrogens is 350 g/mol. The lowest BCUT2D eigenvalue weighted by Gasteiger charge is -2.23. The molecule has 0 saturated carbocycles. The second kappa shape index (κ2) is 8.78. The Labute approximate surface area is 165 Å². The number of nitrogens with zero attached hydrogens (tertiary/aromatic N) is 2. The third kappa shape index (κ3) is 4.44. The van der Waals surface area contributed by atoms with Crippen LogP contribution in [0.5, 0.6) is 0 Å². The van der Waals surface area contributed by atoms with Gasteiger partial charge < -0.3 is 14.9 Å². The van der Waals surface area contributed by atoms with Crippen LogP contribution in [0.1, 0.15) is 43.6 Å². The molecule has 28 heavy (non-hydrogen) atoms. The number of aryl methyl sites for hydroxylation is 2. The lowest BCUT2D eigenvalue weighted by atomic mass is 10.1. The molecule has 0 aliphatic rings. The highest BCUT2D eigenvalue weighted by atomic mass is 16.1. The predicted molar refractivity (Wildman–Crippen MR) is 119 cm³/mol. The van der Waals surface area contributed by atoms with Gasteiger partial charge in [0.2, 0.25) is 5.56 Å². The molecule has 2 heterocycles. The standard InChI is InChI=1S/C22H29N5O/c1-5-9-27(10-6-2)19-11-18(25-22(28)13-19)14-23-26-17-7-8-21-20(12-17)15(3)16(4)24-21/h7-8,11-14,24,26H,5-6,9-10H2,1-4H3,(H,25,28)/b23-14+. The molecule has 0 bridgehead atoms. The molecular formula is C22H29N5O. The van der Waals surface area contributed by atoms with Gasteiger partial charge in [-0.3, -0.25) is 10.2 Å². The van der Waals surface area contributed by atoms with Crippen LogP contribution in [0.2, 0.25) is 0 Å². The quantitative estimate of drug-likeness (QED) is 0.397. The highest BCUT2D eigenvalue weighted by Crippen LogP contribution is 2.24. The molecule has 3 rings (SSSR count). The van der Waals surface area contributed by atoms with Crippen molar-refractivity contribution in [2.45, 2.75) is 40.5 Å². The number of hydrazone groups is 1. The zero-order chi connectivity index (χ0) is 20.1. The van der Waals surface area contributed by atoms with E-state index in [1.165, 1.54) is 16.6 Å². The second-order valence-electron chi connectivity index (χ2n) is 7.15. The minimum atomic E-state index is -0.115. The Bertz CT molecular complexity index is 1030. The molecule has 0 radical (unpaired) electrons. The number of hydrogen-bond acceptors (Lipinski definition) is 4. The fourth-order valence-corrected chi connectivity index (χ4v) is 3.42. The number of nitrogens with one attached hydrogen (secondary N) is 3. The Hall–Kier alpha value is -3.02. The van der Waals surface area contributed by atoms with Crippen LogP contribution in [0.3, 0.4) is 0 Å². The summed E-state index contributed by atoms with van der Waals surface area (Å²) >= 11 is 0. The fourth-order valence-electron chi connectivity index (χ4n) is 3.42. The van der Waals surface area contributed by atoms with Gasteiger partial charge in [0, 0.05) is 41.4 Å². The van der Waals surface area contributed by atoms with Gasteiger partial charge in [-0.25, -0.2) is 0 Å². The Balaban J connectivity index is 1.78. The van der Waals surface area contributed by atoms with Gasteiger partial charge in [-0.1, -0.05) is 13.8 Å². The van der Waals surface area contributed by atoms with Gasteiger partial charge in [0.05, 0.1) is 17.6 Å². The summed E-state index contributed by atoms with van der Waals surface area (Å²) in [6.07, 6.45) is 3.73. The van der Waals surface area contributed by atoms with Crippen LogP contribution in [0.25, 0.3) is 10.9 Å². The Morgan fingerprint density at radius 2 is 1.82 bits per heavy atom. The van der Waals surface area contributed by atoms with E-state index in [0.29, 0.717) is 5.69 Å². The third-order valence-corrected chi connectivity index (χ3v) is 4.91. The van der Waals surface area contributed by atoms with E-state index in [4.69, 9.17) is 0 Å². The number of aromatic nitrogens is 2. The monoisotopic (exact) mass is 379 g/mol. The summed E-state index contributed by atoms with van der Waals surface area (Å²) in [5, 5.41) is 5.50. The smallest absolute Gasteiger partial charge is 0.250 e. The van der Waals surface area contributed by atoms with Crippen molar-refractivity contribution in [3.8, 4) is 0 Å². The number of rotatable bonds is 8. The van der Waals surface area contributed by atoms with E-state index in [9.17, 15) is 4.79 Å². The topological polar surface area (TPSA) is 76.3 Å². The molecule has 1 aromatic carbocycles. The van der Waals surface area contributed by atoms with E-state index in [2.05, 4.69) is 59.2 Å². The summed E-state index contributed by atoms with van der Waals surface area (Å²) in [7, 11) is 0. The zero-order valence-corrected chi connectivity index (χ0v) is 17.1. The first-order valence-corrected chi connectivity index (χ1v) is 9.89. The van der Waals surface area contributed by atoms with Crippen LogP contribution in [0.4, 0.5) is 11.4 Å². The molecule has 3 aromatic rings. The molecule has 0 fully saturated rings. The molecule has 2 aromatic heterocycles. The number of hydrogen-bond donors (Lipinski definition) is 3. The first-order chi connectivity index (χ1) is 13.5. The Morgan fingerprint density at radius 1 is 1.07 bits per heavy atom. The van der Waals surface area contributed by atoms with E-state index in [1.807, 2.05) is 18.2 Å². The largest absolute Gasteiger partial charge is 0.371 e. The highest BCUT2D eigenvalue weighted by molar-refractivity contribution is 5.87. The van der Waals surface area contributed by atoms with Crippen molar-refractivity contribution in [1.82, 2.24) is 9.97 Å². The van der Waals surface area contributed by atoms with Crippen molar-refractivity contribution in [2.75, 3.05) is 23.4 Å². The lowest BCUT2D eigenvalue weighted by molar-refractivity contribution is 0.743. The number of H-pyrrole nitrogens is 2. The van der Waals surface area contributed by atoms with E-state index in [0.717, 1.165) is 42.8 Å². The van der Waals surface area contributed by atoms with Gasteiger partial charge >= 0.3 is 0 Å². The van der Waals surface area contributed by atoms with Crippen molar-refractivity contribution in [2.24, 2.45) is 5.10 Å². The van der Waals surface area contributed by atoms with Gasteiger partial charge in [-0.2, -0.15) is 5.10 Å². The molecule has 6 nitrogen and oxygen atoms in total. The van der Waals surface area contributed by atoms with Crippen LogP contribution in [-0.4, -0.2) is 29.3 Å². The van der Waals surface area contributed by atoms with Crippen LogP contribution < -0.4 is 15.9 Å². The van der Waals surface area contributed by atoms with Crippen LogP contribution in [0.15, 0.2) is 40.2 Å². The number of pyridine rings is 1. The Kier molecular flexibility index (Phi) is 6.19. The summed E-state index contributed by atoms with van der Waals surface area (Å²) in [5.41, 5.74) is 9.01. The number of benzene rings is 1. The van der Waals surface area contributed by atoms with Gasteiger partial charge in [0.1, 0.15) is 0 Å². The molecule has 0 saturated heterocycles.